The number of aryl methyl sites for hydroxylation is 4. The van der Waals surface area contributed by atoms with Gasteiger partial charge in [-0.05, 0) is 58.7 Å². The van der Waals surface area contributed by atoms with Crippen molar-refractivity contribution in [3.05, 3.63) is 58.0 Å². The van der Waals surface area contributed by atoms with Gasteiger partial charge in [0.1, 0.15) is 11.5 Å². The Kier molecular flexibility index (Phi) is 4.34. The monoisotopic (exact) mass is 271 g/mol. The Balaban J connectivity index is 2.14. The summed E-state index contributed by atoms with van der Waals surface area (Å²) in [5.74, 6) is 1.99. The molecule has 0 aliphatic rings. The maximum Gasteiger partial charge on any atom is 0.105 e. The minimum absolute atomic E-state index is 0.281. The van der Waals surface area contributed by atoms with E-state index in [2.05, 4.69) is 57.3 Å². The Morgan fingerprint density at radius 2 is 1.55 bits per heavy atom. The van der Waals surface area contributed by atoms with Crippen molar-refractivity contribution in [1.82, 2.24) is 5.32 Å². The van der Waals surface area contributed by atoms with Crippen molar-refractivity contribution in [3.8, 4) is 0 Å². The molecule has 0 aliphatic carbocycles. The Bertz CT molecular complexity index is 597. The summed E-state index contributed by atoms with van der Waals surface area (Å²) in [6.45, 7) is 12.8. The van der Waals surface area contributed by atoms with Crippen LogP contribution in [-0.4, -0.2) is 0 Å². The van der Waals surface area contributed by atoms with Crippen LogP contribution >= 0.6 is 0 Å². The fourth-order valence-corrected chi connectivity index (χ4v) is 2.95. The van der Waals surface area contributed by atoms with Crippen LogP contribution < -0.4 is 5.32 Å². The van der Waals surface area contributed by atoms with Gasteiger partial charge >= 0.3 is 0 Å². The van der Waals surface area contributed by atoms with Crippen LogP contribution in [0.2, 0.25) is 0 Å². The van der Waals surface area contributed by atoms with Crippen LogP contribution in [0.4, 0.5) is 0 Å². The van der Waals surface area contributed by atoms with E-state index in [1.807, 2.05) is 13.8 Å². The second kappa shape index (κ2) is 5.84. The molecule has 0 radical (unpaired) electrons. The van der Waals surface area contributed by atoms with Crippen molar-refractivity contribution in [2.75, 3.05) is 0 Å². The molecule has 20 heavy (non-hydrogen) atoms. The second-order valence-electron chi connectivity index (χ2n) is 5.84. The van der Waals surface area contributed by atoms with Gasteiger partial charge in [-0.2, -0.15) is 0 Å². The van der Waals surface area contributed by atoms with Gasteiger partial charge in [0, 0.05) is 17.6 Å². The van der Waals surface area contributed by atoms with Crippen molar-refractivity contribution < 1.29 is 4.42 Å². The maximum absolute atomic E-state index is 5.62. The van der Waals surface area contributed by atoms with E-state index in [1.54, 1.807) is 0 Å². The third-order valence-electron chi connectivity index (χ3n) is 3.94. The predicted octanol–water partition coefficient (Wildman–Crippen LogP) is 4.93. The summed E-state index contributed by atoms with van der Waals surface area (Å²) in [7, 11) is 0. The number of hydrogen-bond donors (Lipinski definition) is 1. The molecular formula is C18H25NO. The molecule has 0 fully saturated rings. The molecule has 2 rings (SSSR count). The van der Waals surface area contributed by atoms with E-state index in [1.165, 1.54) is 22.3 Å². The van der Waals surface area contributed by atoms with Crippen molar-refractivity contribution in [2.24, 2.45) is 0 Å². The number of benzene rings is 1. The van der Waals surface area contributed by atoms with Gasteiger partial charge in [-0.1, -0.05) is 23.8 Å². The molecular weight excluding hydrogens is 246 g/mol. The number of rotatable bonds is 4. The highest BCUT2D eigenvalue weighted by Crippen LogP contribution is 2.25. The second-order valence-corrected chi connectivity index (χ2v) is 5.84. The lowest BCUT2D eigenvalue weighted by Gasteiger charge is -2.22. The first-order chi connectivity index (χ1) is 9.38. The Hall–Kier alpha value is -1.54. The Morgan fingerprint density at radius 1 is 0.900 bits per heavy atom. The van der Waals surface area contributed by atoms with E-state index >= 15 is 0 Å². The minimum Gasteiger partial charge on any atom is -0.466 e. The zero-order valence-corrected chi connectivity index (χ0v) is 13.4. The molecule has 0 spiro atoms. The third-order valence-corrected chi connectivity index (χ3v) is 3.94. The van der Waals surface area contributed by atoms with Crippen molar-refractivity contribution in [2.45, 2.75) is 53.6 Å². The molecule has 0 saturated carbocycles. The summed E-state index contributed by atoms with van der Waals surface area (Å²) < 4.78 is 5.62. The molecule has 2 unspecified atom stereocenters. The fraction of sp³-hybridized carbons (Fsp3) is 0.444. The van der Waals surface area contributed by atoms with E-state index in [9.17, 15) is 0 Å². The number of nitrogens with one attached hydrogen (secondary N) is 1. The summed E-state index contributed by atoms with van der Waals surface area (Å²) in [4.78, 5) is 0. The van der Waals surface area contributed by atoms with Gasteiger partial charge in [0.25, 0.3) is 0 Å². The van der Waals surface area contributed by atoms with Crippen LogP contribution in [0.5, 0.6) is 0 Å². The first-order valence-electron chi connectivity index (χ1n) is 7.28. The van der Waals surface area contributed by atoms with E-state index < -0.39 is 0 Å². The zero-order chi connectivity index (χ0) is 14.9. The lowest BCUT2D eigenvalue weighted by atomic mass is 9.99. The normalized spacial score (nSPS) is 14.3. The van der Waals surface area contributed by atoms with E-state index in [-0.39, 0.29) is 6.04 Å². The van der Waals surface area contributed by atoms with Crippen molar-refractivity contribution in [3.63, 3.8) is 0 Å². The molecule has 1 N–H and O–H groups in total. The quantitative estimate of drug-likeness (QED) is 0.853. The van der Waals surface area contributed by atoms with Crippen molar-refractivity contribution >= 4 is 0 Å². The lowest BCUT2D eigenvalue weighted by molar-refractivity contribution is 0.468. The Labute approximate surface area is 122 Å². The van der Waals surface area contributed by atoms with Crippen LogP contribution in [-0.2, 0) is 0 Å². The smallest absolute Gasteiger partial charge is 0.105 e. The van der Waals surface area contributed by atoms with Gasteiger partial charge in [0.2, 0.25) is 0 Å². The number of furan rings is 1. The van der Waals surface area contributed by atoms with Gasteiger partial charge in [-0.25, -0.2) is 0 Å². The zero-order valence-electron chi connectivity index (χ0n) is 13.4. The van der Waals surface area contributed by atoms with Gasteiger partial charge < -0.3 is 9.73 Å². The SMILES string of the molecule is Cc1ccc(C(C)NC(C)c2cc(C)oc2C)c(C)c1. The number of hydrogen-bond acceptors (Lipinski definition) is 2. The highest BCUT2D eigenvalue weighted by atomic mass is 16.3. The van der Waals surface area contributed by atoms with E-state index in [4.69, 9.17) is 4.42 Å². The van der Waals surface area contributed by atoms with E-state index in [0.717, 1.165) is 11.5 Å². The van der Waals surface area contributed by atoms with Gasteiger partial charge in [0.15, 0.2) is 0 Å². The highest BCUT2D eigenvalue weighted by Gasteiger charge is 2.16. The topological polar surface area (TPSA) is 25.2 Å². The predicted molar refractivity (Wildman–Crippen MR) is 84.1 cm³/mol. The standard InChI is InChI=1S/C18H25NO/c1-11-7-8-17(12(2)9-11)14(4)19-15(5)18-10-13(3)20-16(18)6/h7-10,14-15,19H,1-6H3. The first kappa shape index (κ1) is 14.9. The van der Waals surface area contributed by atoms with Crippen LogP contribution in [0.3, 0.4) is 0 Å². The van der Waals surface area contributed by atoms with Crippen LogP contribution in [0.15, 0.2) is 28.7 Å². The minimum atomic E-state index is 0.281. The van der Waals surface area contributed by atoms with Crippen LogP contribution in [0, 0.1) is 27.7 Å². The summed E-state index contributed by atoms with van der Waals surface area (Å²) in [5.41, 5.74) is 5.27. The molecule has 2 nitrogen and oxygen atoms in total. The largest absolute Gasteiger partial charge is 0.466 e. The van der Waals surface area contributed by atoms with Gasteiger partial charge in [-0.3, -0.25) is 0 Å². The average molecular weight is 271 g/mol. The molecule has 2 heteroatoms. The van der Waals surface area contributed by atoms with Crippen LogP contribution in [0.1, 0.15) is 59.7 Å². The maximum atomic E-state index is 5.62. The molecule has 0 saturated heterocycles. The first-order valence-corrected chi connectivity index (χ1v) is 7.28. The molecule has 0 bridgehead atoms. The average Bonchev–Trinajstić information content (AvgIpc) is 2.68. The molecule has 2 aromatic rings. The molecule has 1 heterocycles. The molecule has 108 valence electrons. The summed E-state index contributed by atoms with van der Waals surface area (Å²) in [5, 5.41) is 3.67. The molecule has 1 aromatic heterocycles. The van der Waals surface area contributed by atoms with Crippen LogP contribution in [0.25, 0.3) is 0 Å². The Morgan fingerprint density at radius 3 is 2.10 bits per heavy atom. The van der Waals surface area contributed by atoms with E-state index in [0.29, 0.717) is 6.04 Å². The lowest BCUT2D eigenvalue weighted by Crippen LogP contribution is -2.23. The van der Waals surface area contributed by atoms with Crippen molar-refractivity contribution in [1.29, 1.82) is 0 Å². The third kappa shape index (κ3) is 3.13. The summed E-state index contributed by atoms with van der Waals surface area (Å²) in [6, 6.07) is 9.37. The summed E-state index contributed by atoms with van der Waals surface area (Å²) >= 11 is 0. The molecule has 0 aliphatic heterocycles. The fourth-order valence-electron chi connectivity index (χ4n) is 2.95. The molecule has 0 amide bonds. The molecule has 1 aromatic carbocycles. The van der Waals surface area contributed by atoms with Gasteiger partial charge in [-0.15, -0.1) is 0 Å². The molecule has 2 atom stereocenters. The summed E-state index contributed by atoms with van der Waals surface area (Å²) in [6.07, 6.45) is 0. The van der Waals surface area contributed by atoms with Gasteiger partial charge in [0.05, 0.1) is 0 Å². The highest BCUT2D eigenvalue weighted by molar-refractivity contribution is 5.33.